The fourth-order valence-corrected chi connectivity index (χ4v) is 2.92. The zero-order valence-electron chi connectivity index (χ0n) is 11.2. The number of hydrogen-bond donors (Lipinski definition) is 2. The Kier molecular flexibility index (Phi) is 4.94. The van der Waals surface area contributed by atoms with Gasteiger partial charge in [0.2, 0.25) is 0 Å². The van der Waals surface area contributed by atoms with Gasteiger partial charge in [-0.25, -0.2) is 4.98 Å². The Morgan fingerprint density at radius 1 is 1.30 bits per heavy atom. The number of hydrogen-bond acceptors (Lipinski definition) is 3. The van der Waals surface area contributed by atoms with E-state index in [0.717, 1.165) is 38.5 Å². The molecule has 1 heterocycles. The SMILES string of the molecule is NC(=S)C1(NC(=O)c2ccc(Cl)cn2)CCCCCC1. The van der Waals surface area contributed by atoms with Crippen molar-refractivity contribution < 1.29 is 4.79 Å². The number of pyridine rings is 1. The molecular formula is C14H18ClN3OS. The number of thiocarbonyl (C=S) groups is 1. The summed E-state index contributed by atoms with van der Waals surface area (Å²) in [5.41, 5.74) is 5.65. The van der Waals surface area contributed by atoms with Crippen LogP contribution in [-0.2, 0) is 0 Å². The molecular weight excluding hydrogens is 294 g/mol. The van der Waals surface area contributed by atoms with Crippen LogP contribution >= 0.6 is 23.8 Å². The molecule has 1 aliphatic rings. The van der Waals surface area contributed by atoms with Crippen LogP contribution in [0.5, 0.6) is 0 Å². The lowest BCUT2D eigenvalue weighted by Crippen LogP contribution is -2.56. The van der Waals surface area contributed by atoms with Gasteiger partial charge in [0.25, 0.3) is 5.91 Å². The Labute approximate surface area is 129 Å². The van der Waals surface area contributed by atoms with Gasteiger partial charge in [-0.15, -0.1) is 0 Å². The average molecular weight is 312 g/mol. The summed E-state index contributed by atoms with van der Waals surface area (Å²) in [6.07, 6.45) is 7.39. The third-order valence-corrected chi connectivity index (χ3v) is 4.36. The van der Waals surface area contributed by atoms with Crippen LogP contribution in [0.2, 0.25) is 5.02 Å². The highest BCUT2D eigenvalue weighted by atomic mass is 35.5. The molecule has 0 unspecified atom stereocenters. The van der Waals surface area contributed by atoms with Gasteiger partial charge in [-0.05, 0) is 25.0 Å². The molecule has 6 heteroatoms. The fraction of sp³-hybridized carbons (Fsp3) is 0.500. The quantitative estimate of drug-likeness (QED) is 0.665. The Bertz CT molecular complexity index is 496. The van der Waals surface area contributed by atoms with Crippen molar-refractivity contribution in [2.24, 2.45) is 5.73 Å². The second-order valence-electron chi connectivity index (χ2n) is 5.18. The summed E-state index contributed by atoms with van der Waals surface area (Å²) in [7, 11) is 0. The molecule has 20 heavy (non-hydrogen) atoms. The molecule has 1 saturated carbocycles. The molecule has 1 aromatic rings. The van der Waals surface area contributed by atoms with Crippen molar-refractivity contribution in [1.29, 1.82) is 0 Å². The highest BCUT2D eigenvalue weighted by Gasteiger charge is 2.35. The molecule has 0 radical (unpaired) electrons. The van der Waals surface area contributed by atoms with Gasteiger partial charge in [0, 0.05) is 6.20 Å². The maximum Gasteiger partial charge on any atom is 0.270 e. The van der Waals surface area contributed by atoms with Crippen LogP contribution in [0.4, 0.5) is 0 Å². The number of nitrogens with one attached hydrogen (secondary N) is 1. The Morgan fingerprint density at radius 3 is 2.45 bits per heavy atom. The van der Waals surface area contributed by atoms with Crippen molar-refractivity contribution in [3.05, 3.63) is 29.0 Å². The van der Waals surface area contributed by atoms with Crippen molar-refractivity contribution in [3.63, 3.8) is 0 Å². The molecule has 108 valence electrons. The number of aromatic nitrogens is 1. The van der Waals surface area contributed by atoms with Crippen LogP contribution in [0.15, 0.2) is 18.3 Å². The molecule has 0 atom stereocenters. The van der Waals surface area contributed by atoms with E-state index in [1.165, 1.54) is 6.20 Å². The van der Waals surface area contributed by atoms with Crippen molar-refractivity contribution in [2.45, 2.75) is 44.1 Å². The molecule has 1 aromatic heterocycles. The zero-order chi connectivity index (χ0) is 14.6. The average Bonchev–Trinajstić information content (AvgIpc) is 2.66. The van der Waals surface area contributed by atoms with Gasteiger partial charge in [-0.3, -0.25) is 4.79 Å². The number of nitrogens with zero attached hydrogens (tertiary/aromatic N) is 1. The van der Waals surface area contributed by atoms with E-state index in [9.17, 15) is 4.79 Å². The summed E-state index contributed by atoms with van der Waals surface area (Å²) < 4.78 is 0. The minimum Gasteiger partial charge on any atom is -0.391 e. The summed E-state index contributed by atoms with van der Waals surface area (Å²) in [6.45, 7) is 0. The summed E-state index contributed by atoms with van der Waals surface area (Å²) in [5, 5.41) is 3.50. The molecule has 0 spiro atoms. The first-order valence-corrected chi connectivity index (χ1v) is 7.56. The zero-order valence-corrected chi connectivity index (χ0v) is 12.8. The second kappa shape index (κ2) is 6.50. The molecule has 1 aliphatic carbocycles. The maximum absolute atomic E-state index is 12.3. The van der Waals surface area contributed by atoms with Crippen LogP contribution in [0.3, 0.4) is 0 Å². The maximum atomic E-state index is 12.3. The predicted molar refractivity (Wildman–Crippen MR) is 83.9 cm³/mol. The van der Waals surface area contributed by atoms with Crippen molar-refractivity contribution in [1.82, 2.24) is 10.3 Å². The standard InChI is InChI=1S/C14H18ClN3OS/c15-10-5-6-11(17-9-10)12(19)18-14(13(16)20)7-3-1-2-4-8-14/h5-6,9H,1-4,7-8H2,(H2,16,20)(H,18,19). The molecule has 0 saturated heterocycles. The minimum atomic E-state index is -0.579. The number of rotatable bonds is 3. The van der Waals surface area contributed by atoms with Crippen LogP contribution < -0.4 is 11.1 Å². The summed E-state index contributed by atoms with van der Waals surface area (Å²) in [4.78, 5) is 16.7. The fourth-order valence-electron chi connectivity index (χ4n) is 2.56. The van der Waals surface area contributed by atoms with Gasteiger partial charge in [0.15, 0.2) is 0 Å². The first-order valence-electron chi connectivity index (χ1n) is 6.77. The van der Waals surface area contributed by atoms with E-state index < -0.39 is 5.54 Å². The van der Waals surface area contributed by atoms with Crippen molar-refractivity contribution in [3.8, 4) is 0 Å². The highest BCUT2D eigenvalue weighted by Crippen LogP contribution is 2.28. The van der Waals surface area contributed by atoms with E-state index >= 15 is 0 Å². The molecule has 4 nitrogen and oxygen atoms in total. The Morgan fingerprint density at radius 2 is 1.95 bits per heavy atom. The van der Waals surface area contributed by atoms with E-state index in [4.69, 9.17) is 29.6 Å². The van der Waals surface area contributed by atoms with Crippen LogP contribution in [0, 0.1) is 0 Å². The lowest BCUT2D eigenvalue weighted by atomic mass is 9.90. The number of halogens is 1. The number of carbonyl (C=O) groups is 1. The summed E-state index contributed by atoms with van der Waals surface area (Å²) in [5.74, 6) is -0.253. The third kappa shape index (κ3) is 3.46. The van der Waals surface area contributed by atoms with Gasteiger partial charge in [0.05, 0.1) is 15.6 Å². The topological polar surface area (TPSA) is 68.0 Å². The minimum absolute atomic E-state index is 0.253. The van der Waals surface area contributed by atoms with Crippen LogP contribution in [0.1, 0.15) is 49.0 Å². The van der Waals surface area contributed by atoms with Gasteiger partial charge >= 0.3 is 0 Å². The van der Waals surface area contributed by atoms with Crippen molar-refractivity contribution >= 4 is 34.7 Å². The van der Waals surface area contributed by atoms with E-state index in [1.54, 1.807) is 12.1 Å². The lowest BCUT2D eigenvalue weighted by Gasteiger charge is -2.32. The highest BCUT2D eigenvalue weighted by molar-refractivity contribution is 7.80. The smallest absolute Gasteiger partial charge is 0.270 e. The molecule has 0 aliphatic heterocycles. The molecule has 1 amide bonds. The van der Waals surface area contributed by atoms with E-state index in [1.807, 2.05) is 0 Å². The largest absolute Gasteiger partial charge is 0.391 e. The third-order valence-electron chi connectivity index (χ3n) is 3.74. The van der Waals surface area contributed by atoms with E-state index in [0.29, 0.717) is 15.7 Å². The summed E-state index contributed by atoms with van der Waals surface area (Å²) >= 11 is 11.0. The molecule has 1 fully saturated rings. The second-order valence-corrected chi connectivity index (χ2v) is 6.05. The number of amides is 1. The molecule has 0 aromatic carbocycles. The predicted octanol–water partition coefficient (Wildman–Crippen LogP) is 2.84. The monoisotopic (exact) mass is 311 g/mol. The van der Waals surface area contributed by atoms with Crippen LogP contribution in [0.25, 0.3) is 0 Å². The van der Waals surface area contributed by atoms with Gasteiger partial charge < -0.3 is 11.1 Å². The molecule has 0 bridgehead atoms. The van der Waals surface area contributed by atoms with Gasteiger partial charge in [-0.1, -0.05) is 49.5 Å². The molecule has 3 N–H and O–H groups in total. The van der Waals surface area contributed by atoms with E-state index in [2.05, 4.69) is 10.3 Å². The Balaban J connectivity index is 2.17. The van der Waals surface area contributed by atoms with E-state index in [-0.39, 0.29) is 5.91 Å². The first kappa shape index (κ1) is 15.2. The van der Waals surface area contributed by atoms with Crippen molar-refractivity contribution in [2.75, 3.05) is 0 Å². The summed E-state index contributed by atoms with van der Waals surface area (Å²) in [6, 6.07) is 3.24. The van der Waals surface area contributed by atoms with Gasteiger partial charge in [-0.2, -0.15) is 0 Å². The number of carbonyl (C=O) groups excluding carboxylic acids is 1. The number of nitrogens with two attached hydrogens (primary N) is 1. The molecule has 2 rings (SSSR count). The Hall–Kier alpha value is -1.20. The lowest BCUT2D eigenvalue weighted by molar-refractivity contribution is 0.0912. The van der Waals surface area contributed by atoms with Gasteiger partial charge in [0.1, 0.15) is 5.69 Å². The first-order chi connectivity index (χ1) is 9.53. The normalized spacial score (nSPS) is 18.1. The van der Waals surface area contributed by atoms with Crippen LogP contribution in [-0.4, -0.2) is 21.4 Å².